The second-order valence-electron chi connectivity index (χ2n) is 4.54. The Balaban J connectivity index is 2.12. The fourth-order valence-electron chi connectivity index (χ4n) is 2.00. The summed E-state index contributed by atoms with van der Waals surface area (Å²) in [7, 11) is 1.53. The Morgan fingerprint density at radius 1 is 1.35 bits per heavy atom. The average molecular weight is 293 g/mol. The van der Waals surface area contributed by atoms with E-state index in [-0.39, 0.29) is 0 Å². The number of pyridine rings is 1. The molecular formula is C15H17ClN2O2. The highest BCUT2D eigenvalue weighted by molar-refractivity contribution is 6.31. The minimum atomic E-state index is -0.803. The van der Waals surface area contributed by atoms with Gasteiger partial charge in [-0.15, -0.1) is 0 Å². The molecule has 0 aliphatic heterocycles. The fourth-order valence-corrected chi connectivity index (χ4v) is 2.21. The molecule has 0 aliphatic rings. The smallest absolute Gasteiger partial charge is 0.213 e. The predicted molar refractivity (Wildman–Crippen MR) is 78.9 cm³/mol. The van der Waals surface area contributed by atoms with E-state index in [0.29, 0.717) is 22.9 Å². The number of benzene rings is 1. The van der Waals surface area contributed by atoms with Gasteiger partial charge in [-0.1, -0.05) is 29.8 Å². The van der Waals surface area contributed by atoms with Crippen molar-refractivity contribution in [3.8, 4) is 5.88 Å². The van der Waals surface area contributed by atoms with Gasteiger partial charge in [-0.2, -0.15) is 0 Å². The molecule has 1 unspecified atom stereocenters. The summed E-state index contributed by atoms with van der Waals surface area (Å²) in [5, 5.41) is 11.0. The quantitative estimate of drug-likeness (QED) is 0.887. The Labute approximate surface area is 123 Å². The highest BCUT2D eigenvalue weighted by Crippen LogP contribution is 2.23. The zero-order chi connectivity index (χ0) is 14.5. The molecule has 3 N–H and O–H groups in total. The first-order valence-corrected chi connectivity index (χ1v) is 6.66. The minimum Gasteiger partial charge on any atom is -0.481 e. The van der Waals surface area contributed by atoms with Gasteiger partial charge in [0, 0.05) is 23.3 Å². The topological polar surface area (TPSA) is 68.4 Å². The number of aromatic nitrogens is 1. The molecule has 0 radical (unpaired) electrons. The lowest BCUT2D eigenvalue weighted by Gasteiger charge is -2.20. The molecule has 2 aromatic rings. The molecule has 0 amide bonds. The Hall–Kier alpha value is -1.62. The number of aliphatic hydroxyl groups excluding tert-OH is 1. The summed E-state index contributed by atoms with van der Waals surface area (Å²) >= 11 is 6.10. The fraction of sp³-hybridized carbons (Fsp3) is 0.267. The van der Waals surface area contributed by atoms with Gasteiger partial charge in [0.1, 0.15) is 0 Å². The van der Waals surface area contributed by atoms with E-state index < -0.39 is 12.1 Å². The van der Waals surface area contributed by atoms with Crippen LogP contribution in [0.5, 0.6) is 5.88 Å². The van der Waals surface area contributed by atoms with Crippen LogP contribution in [0.2, 0.25) is 5.02 Å². The van der Waals surface area contributed by atoms with Crippen LogP contribution in [-0.4, -0.2) is 23.2 Å². The third-order valence-electron chi connectivity index (χ3n) is 3.13. The second kappa shape index (κ2) is 6.70. The largest absolute Gasteiger partial charge is 0.481 e. The van der Waals surface area contributed by atoms with E-state index in [1.165, 1.54) is 7.11 Å². The first-order valence-electron chi connectivity index (χ1n) is 6.29. The van der Waals surface area contributed by atoms with Crippen LogP contribution >= 0.6 is 11.6 Å². The van der Waals surface area contributed by atoms with Gasteiger partial charge in [0.05, 0.1) is 13.2 Å². The van der Waals surface area contributed by atoms with Crippen LogP contribution in [0.1, 0.15) is 17.2 Å². The van der Waals surface area contributed by atoms with Crippen molar-refractivity contribution in [3.63, 3.8) is 0 Å². The number of hydrogen-bond acceptors (Lipinski definition) is 4. The molecule has 0 bridgehead atoms. The Morgan fingerprint density at radius 2 is 2.10 bits per heavy atom. The number of aliphatic hydroxyl groups is 1. The molecule has 1 heterocycles. The van der Waals surface area contributed by atoms with Crippen LogP contribution in [0.3, 0.4) is 0 Å². The summed E-state index contributed by atoms with van der Waals surface area (Å²) in [6.07, 6.45) is 1.27. The van der Waals surface area contributed by atoms with E-state index in [9.17, 15) is 5.11 Å². The molecule has 0 aliphatic carbocycles. The molecule has 1 aromatic heterocycles. The molecule has 106 valence electrons. The van der Waals surface area contributed by atoms with Gasteiger partial charge in [0.15, 0.2) is 0 Å². The third kappa shape index (κ3) is 3.48. The molecule has 20 heavy (non-hydrogen) atoms. The summed E-state index contributed by atoms with van der Waals surface area (Å²) in [6, 6.07) is 10.4. The lowest BCUT2D eigenvalue weighted by Crippen LogP contribution is -2.30. The van der Waals surface area contributed by atoms with Crippen LogP contribution in [0, 0.1) is 0 Å². The summed E-state index contributed by atoms with van der Waals surface area (Å²) in [5.41, 5.74) is 7.67. The number of halogens is 1. The van der Waals surface area contributed by atoms with Crippen molar-refractivity contribution >= 4 is 11.6 Å². The lowest BCUT2D eigenvalue weighted by atomic mass is 9.97. The van der Waals surface area contributed by atoms with Gasteiger partial charge in [0.2, 0.25) is 5.88 Å². The van der Waals surface area contributed by atoms with E-state index in [1.54, 1.807) is 18.3 Å². The van der Waals surface area contributed by atoms with Crippen molar-refractivity contribution in [2.75, 3.05) is 7.11 Å². The van der Waals surface area contributed by atoms with Gasteiger partial charge in [-0.25, -0.2) is 4.98 Å². The number of rotatable bonds is 5. The number of nitrogens with zero attached hydrogens (tertiary/aromatic N) is 1. The molecule has 0 saturated heterocycles. The maximum absolute atomic E-state index is 10.3. The molecular weight excluding hydrogens is 276 g/mol. The minimum absolute atomic E-state index is 0.450. The lowest BCUT2D eigenvalue weighted by molar-refractivity contribution is 0.145. The molecule has 2 atom stereocenters. The Kier molecular flexibility index (Phi) is 4.95. The van der Waals surface area contributed by atoms with Crippen molar-refractivity contribution in [1.29, 1.82) is 0 Å². The molecule has 5 heteroatoms. The number of hydrogen-bond donors (Lipinski definition) is 2. The Bertz CT molecular complexity index is 577. The number of nitrogens with two attached hydrogens (primary N) is 1. The van der Waals surface area contributed by atoms with Crippen molar-refractivity contribution in [2.45, 2.75) is 18.6 Å². The van der Waals surface area contributed by atoms with E-state index in [4.69, 9.17) is 22.1 Å². The van der Waals surface area contributed by atoms with Gasteiger partial charge >= 0.3 is 0 Å². The first kappa shape index (κ1) is 14.8. The van der Waals surface area contributed by atoms with Gasteiger partial charge in [0.25, 0.3) is 0 Å². The maximum Gasteiger partial charge on any atom is 0.213 e. The van der Waals surface area contributed by atoms with Crippen LogP contribution in [0.4, 0.5) is 0 Å². The maximum atomic E-state index is 10.3. The second-order valence-corrected chi connectivity index (χ2v) is 4.94. The van der Waals surface area contributed by atoms with E-state index in [2.05, 4.69) is 4.98 Å². The third-order valence-corrected chi connectivity index (χ3v) is 3.50. The van der Waals surface area contributed by atoms with Gasteiger partial charge in [-0.05, 0) is 29.7 Å². The molecule has 2 rings (SSSR count). The Morgan fingerprint density at radius 3 is 2.80 bits per heavy atom. The molecule has 0 saturated carbocycles. The molecule has 1 aromatic carbocycles. The number of methoxy groups -OCH3 is 1. The summed E-state index contributed by atoms with van der Waals surface area (Å²) in [4.78, 5) is 4.00. The molecule has 0 fully saturated rings. The van der Waals surface area contributed by atoms with Crippen LogP contribution in [0.15, 0.2) is 42.6 Å². The highest BCUT2D eigenvalue weighted by Gasteiger charge is 2.19. The summed E-state index contributed by atoms with van der Waals surface area (Å²) in [6.45, 7) is 0. The first-order chi connectivity index (χ1) is 9.61. The standard InChI is InChI=1S/C15H17ClN2O2/c1-20-14-9-11(6-7-18-14)15(19)13(17)8-10-4-2-3-5-12(10)16/h2-7,9,13,15,19H,8,17H2,1H3/t13-,15?/m0/s1. The van der Waals surface area contributed by atoms with Crippen molar-refractivity contribution in [2.24, 2.45) is 5.73 Å². The molecule has 0 spiro atoms. The van der Waals surface area contributed by atoms with E-state index in [0.717, 1.165) is 5.56 Å². The van der Waals surface area contributed by atoms with Crippen molar-refractivity contribution < 1.29 is 9.84 Å². The zero-order valence-electron chi connectivity index (χ0n) is 11.2. The average Bonchev–Trinajstić information content (AvgIpc) is 2.48. The molecule has 4 nitrogen and oxygen atoms in total. The van der Waals surface area contributed by atoms with Crippen LogP contribution in [0.25, 0.3) is 0 Å². The zero-order valence-corrected chi connectivity index (χ0v) is 11.9. The van der Waals surface area contributed by atoms with Gasteiger partial charge in [-0.3, -0.25) is 0 Å². The van der Waals surface area contributed by atoms with E-state index in [1.807, 2.05) is 24.3 Å². The van der Waals surface area contributed by atoms with Crippen LogP contribution < -0.4 is 10.5 Å². The SMILES string of the molecule is COc1cc(C(O)[C@@H](N)Cc2ccccc2Cl)ccn1. The van der Waals surface area contributed by atoms with Crippen molar-refractivity contribution in [1.82, 2.24) is 4.98 Å². The monoisotopic (exact) mass is 292 g/mol. The normalized spacial score (nSPS) is 13.8. The number of ether oxygens (including phenoxy) is 1. The predicted octanol–water partition coefficient (Wildman–Crippen LogP) is 2.35. The van der Waals surface area contributed by atoms with E-state index >= 15 is 0 Å². The summed E-state index contributed by atoms with van der Waals surface area (Å²) < 4.78 is 5.04. The van der Waals surface area contributed by atoms with Crippen LogP contribution in [-0.2, 0) is 6.42 Å². The highest BCUT2D eigenvalue weighted by atomic mass is 35.5. The van der Waals surface area contributed by atoms with Gasteiger partial charge < -0.3 is 15.6 Å². The summed E-state index contributed by atoms with van der Waals surface area (Å²) in [5.74, 6) is 0.450. The van der Waals surface area contributed by atoms with Crippen molar-refractivity contribution in [3.05, 3.63) is 58.7 Å².